The van der Waals surface area contributed by atoms with Crippen LogP contribution in [0.5, 0.6) is 11.5 Å². The number of amides is 1. The molecule has 0 atom stereocenters. The molecule has 1 aliphatic rings. The normalized spacial score (nSPS) is 12.4. The van der Waals surface area contributed by atoms with E-state index in [2.05, 4.69) is 10.6 Å². The van der Waals surface area contributed by atoms with Gasteiger partial charge in [-0.3, -0.25) is 14.9 Å². The third-order valence-corrected chi connectivity index (χ3v) is 4.48. The number of nitrogens with one attached hydrogen (secondary N) is 2. The lowest BCUT2D eigenvalue weighted by Crippen LogP contribution is -2.25. The summed E-state index contributed by atoms with van der Waals surface area (Å²) in [4.78, 5) is 23.5. The van der Waals surface area contributed by atoms with Gasteiger partial charge < -0.3 is 20.1 Å². The number of nitrogens with zero attached hydrogens (tertiary/aromatic N) is 1. The number of nitro benzene ring substituents is 1. The van der Waals surface area contributed by atoms with E-state index in [9.17, 15) is 19.3 Å². The molecule has 29 heavy (non-hydrogen) atoms. The fourth-order valence-electron chi connectivity index (χ4n) is 3.13. The second-order valence-corrected chi connectivity index (χ2v) is 6.16. The average Bonchev–Trinajstić information content (AvgIpc) is 2.70. The molecule has 2 N–H and O–H groups in total. The molecular formula is C19H21ClFN3O5. The average molecular weight is 426 g/mol. The highest BCUT2D eigenvalue weighted by atomic mass is 35.5. The number of ether oxygens (including phenoxy) is 2. The molecule has 0 unspecified atom stereocenters. The summed E-state index contributed by atoms with van der Waals surface area (Å²) < 4.78 is 25.3. The molecule has 0 spiro atoms. The van der Waals surface area contributed by atoms with Gasteiger partial charge in [0, 0.05) is 12.6 Å². The van der Waals surface area contributed by atoms with Gasteiger partial charge in [0.2, 0.25) is 0 Å². The topological polar surface area (TPSA) is 103 Å². The molecule has 0 saturated heterocycles. The Kier molecular flexibility index (Phi) is 7.35. The number of benzene rings is 2. The van der Waals surface area contributed by atoms with E-state index in [0.717, 1.165) is 11.6 Å². The van der Waals surface area contributed by atoms with Gasteiger partial charge in [-0.05, 0) is 37.1 Å². The number of rotatable bonds is 6. The lowest BCUT2D eigenvalue weighted by Gasteiger charge is -2.19. The highest BCUT2D eigenvalue weighted by Gasteiger charge is 2.26. The molecular weight excluding hydrogens is 405 g/mol. The van der Waals surface area contributed by atoms with Crippen molar-refractivity contribution in [1.82, 2.24) is 5.32 Å². The third-order valence-electron chi connectivity index (χ3n) is 4.48. The molecule has 3 rings (SSSR count). The summed E-state index contributed by atoms with van der Waals surface area (Å²) in [5.41, 5.74) is 0.645. The van der Waals surface area contributed by atoms with Crippen LogP contribution >= 0.6 is 12.4 Å². The first-order valence-corrected chi connectivity index (χ1v) is 8.77. The monoisotopic (exact) mass is 425 g/mol. The Bertz CT molecular complexity index is 939. The summed E-state index contributed by atoms with van der Waals surface area (Å²) in [6.45, 7) is 3.19. The van der Waals surface area contributed by atoms with Gasteiger partial charge >= 0.3 is 0 Å². The van der Waals surface area contributed by atoms with Gasteiger partial charge in [-0.1, -0.05) is 6.07 Å². The molecule has 0 radical (unpaired) electrons. The van der Waals surface area contributed by atoms with Gasteiger partial charge in [-0.15, -0.1) is 12.4 Å². The SMILES string of the molecule is CCOc1cc([N+](=O)[O-])c(C(=O)Nc2ccc3c(c2F)CCNC3)cc1OC.Cl. The fraction of sp³-hybridized carbons (Fsp3) is 0.316. The molecule has 156 valence electrons. The third kappa shape index (κ3) is 4.57. The molecule has 2 aromatic carbocycles. The number of carbonyl (C=O) groups is 1. The van der Waals surface area contributed by atoms with Gasteiger partial charge in [0.15, 0.2) is 11.5 Å². The van der Waals surface area contributed by atoms with E-state index >= 15 is 0 Å². The maximum absolute atomic E-state index is 14.8. The number of hydrogen-bond acceptors (Lipinski definition) is 6. The highest BCUT2D eigenvalue weighted by Crippen LogP contribution is 2.35. The lowest BCUT2D eigenvalue weighted by molar-refractivity contribution is -0.385. The Morgan fingerprint density at radius 2 is 2.10 bits per heavy atom. The van der Waals surface area contributed by atoms with E-state index in [-0.39, 0.29) is 41.8 Å². The van der Waals surface area contributed by atoms with Crippen molar-refractivity contribution in [3.05, 3.63) is 56.9 Å². The zero-order valence-corrected chi connectivity index (χ0v) is 16.7. The number of fused-ring (bicyclic) bond motifs is 1. The summed E-state index contributed by atoms with van der Waals surface area (Å²) >= 11 is 0. The molecule has 1 aliphatic heterocycles. The van der Waals surface area contributed by atoms with Gasteiger partial charge in [0.05, 0.1) is 30.4 Å². The van der Waals surface area contributed by atoms with Crippen LogP contribution in [-0.4, -0.2) is 31.1 Å². The number of nitro groups is 1. The van der Waals surface area contributed by atoms with Crippen molar-refractivity contribution >= 4 is 29.7 Å². The first-order valence-electron chi connectivity index (χ1n) is 8.77. The maximum atomic E-state index is 14.8. The standard InChI is InChI=1S/C19H20FN3O5.ClH/c1-3-28-17-9-15(23(25)26)13(8-16(17)27-2)19(24)22-14-5-4-11-10-21-7-6-12(11)18(14)20;/h4-5,8-9,21H,3,6-7,10H2,1-2H3,(H,22,24);1H. The van der Waals surface area contributed by atoms with Gasteiger partial charge in [-0.2, -0.15) is 0 Å². The Morgan fingerprint density at radius 3 is 2.76 bits per heavy atom. The van der Waals surface area contributed by atoms with Crippen molar-refractivity contribution in [2.75, 3.05) is 25.6 Å². The molecule has 0 saturated carbocycles. The van der Waals surface area contributed by atoms with Crippen LogP contribution in [0.4, 0.5) is 15.8 Å². The zero-order chi connectivity index (χ0) is 20.3. The smallest absolute Gasteiger partial charge is 0.286 e. The van der Waals surface area contributed by atoms with Crippen molar-refractivity contribution in [2.45, 2.75) is 19.9 Å². The van der Waals surface area contributed by atoms with E-state index in [1.54, 1.807) is 13.0 Å². The van der Waals surface area contributed by atoms with Gasteiger partial charge in [-0.25, -0.2) is 4.39 Å². The molecule has 8 nitrogen and oxygen atoms in total. The minimum Gasteiger partial charge on any atom is -0.493 e. The van der Waals surface area contributed by atoms with Crippen LogP contribution in [0.3, 0.4) is 0 Å². The first kappa shape index (κ1) is 22.4. The second-order valence-electron chi connectivity index (χ2n) is 6.16. The maximum Gasteiger partial charge on any atom is 0.286 e. The van der Waals surface area contributed by atoms with Crippen LogP contribution in [0.1, 0.15) is 28.4 Å². The summed E-state index contributed by atoms with van der Waals surface area (Å²) in [7, 11) is 1.36. The summed E-state index contributed by atoms with van der Waals surface area (Å²) in [5.74, 6) is -0.996. The minimum atomic E-state index is -0.805. The fourth-order valence-corrected chi connectivity index (χ4v) is 3.13. The minimum absolute atomic E-state index is 0. The van der Waals surface area contributed by atoms with E-state index in [1.807, 2.05) is 0 Å². The van der Waals surface area contributed by atoms with Crippen LogP contribution < -0.4 is 20.1 Å². The highest BCUT2D eigenvalue weighted by molar-refractivity contribution is 6.07. The first-order chi connectivity index (χ1) is 13.5. The Morgan fingerprint density at radius 1 is 1.34 bits per heavy atom. The molecule has 1 heterocycles. The quantitative estimate of drug-likeness (QED) is 0.542. The Balaban J connectivity index is 0.00000300. The van der Waals surface area contributed by atoms with E-state index in [4.69, 9.17) is 9.47 Å². The van der Waals surface area contributed by atoms with E-state index in [1.165, 1.54) is 19.2 Å². The van der Waals surface area contributed by atoms with Gasteiger partial charge in [0.1, 0.15) is 11.4 Å². The van der Waals surface area contributed by atoms with Crippen molar-refractivity contribution in [2.24, 2.45) is 0 Å². The number of carbonyl (C=O) groups excluding carboxylic acids is 1. The largest absolute Gasteiger partial charge is 0.493 e. The summed E-state index contributed by atoms with van der Waals surface area (Å²) in [6, 6.07) is 5.54. The van der Waals surface area contributed by atoms with Crippen LogP contribution in [0.15, 0.2) is 24.3 Å². The lowest BCUT2D eigenvalue weighted by atomic mass is 9.99. The predicted octanol–water partition coefficient (Wildman–Crippen LogP) is 3.46. The molecule has 1 amide bonds. The molecule has 0 bridgehead atoms. The Labute approximate surface area is 172 Å². The summed E-state index contributed by atoms with van der Waals surface area (Å²) in [5, 5.41) is 17.0. The molecule has 0 fully saturated rings. The molecule has 2 aromatic rings. The van der Waals surface area contributed by atoms with E-state index < -0.39 is 22.3 Å². The van der Waals surface area contributed by atoms with Crippen molar-refractivity contribution in [3.8, 4) is 11.5 Å². The number of hydrogen-bond donors (Lipinski definition) is 2. The van der Waals surface area contributed by atoms with Gasteiger partial charge in [0.25, 0.3) is 11.6 Å². The van der Waals surface area contributed by atoms with Crippen LogP contribution in [0, 0.1) is 15.9 Å². The zero-order valence-electron chi connectivity index (χ0n) is 15.9. The van der Waals surface area contributed by atoms with Crippen molar-refractivity contribution < 1.29 is 23.6 Å². The molecule has 10 heteroatoms. The Hall–Kier alpha value is -2.91. The van der Waals surface area contributed by atoms with E-state index in [0.29, 0.717) is 25.1 Å². The molecule has 0 aliphatic carbocycles. The predicted molar refractivity (Wildman–Crippen MR) is 108 cm³/mol. The van der Waals surface area contributed by atoms with Crippen LogP contribution in [0.2, 0.25) is 0 Å². The number of methoxy groups -OCH3 is 1. The van der Waals surface area contributed by atoms with Crippen LogP contribution in [-0.2, 0) is 13.0 Å². The number of anilines is 1. The van der Waals surface area contributed by atoms with Crippen LogP contribution in [0.25, 0.3) is 0 Å². The number of halogens is 2. The van der Waals surface area contributed by atoms with Crippen molar-refractivity contribution in [1.29, 1.82) is 0 Å². The molecule has 0 aromatic heterocycles. The second kappa shape index (κ2) is 9.53. The van der Waals surface area contributed by atoms with Crippen molar-refractivity contribution in [3.63, 3.8) is 0 Å². The summed E-state index contributed by atoms with van der Waals surface area (Å²) in [6.07, 6.45) is 0.502.